The molecule has 5 aliphatic rings. The summed E-state index contributed by atoms with van der Waals surface area (Å²) >= 11 is 0. The van der Waals surface area contributed by atoms with Crippen molar-refractivity contribution in [3.63, 3.8) is 0 Å². The third-order valence-corrected chi connectivity index (χ3v) is 9.95. The van der Waals surface area contributed by atoms with E-state index in [0.29, 0.717) is 59.5 Å². The summed E-state index contributed by atoms with van der Waals surface area (Å²) < 4.78 is 17.3. The number of aliphatic hydroxyl groups is 2. The number of nitrogens with one attached hydrogen (secondary N) is 1. The van der Waals surface area contributed by atoms with Crippen LogP contribution in [0.5, 0.6) is 11.5 Å². The summed E-state index contributed by atoms with van der Waals surface area (Å²) in [7, 11) is 1.46. The summed E-state index contributed by atoms with van der Waals surface area (Å²) in [4.78, 5) is 40.6. The highest BCUT2D eigenvalue weighted by atomic mass is 16.5. The highest BCUT2D eigenvalue weighted by Gasteiger charge is 2.56. The van der Waals surface area contributed by atoms with Gasteiger partial charge in [0.25, 0.3) is 0 Å². The number of amides is 2. The average Bonchev–Trinajstić information content (AvgIpc) is 3.37. The van der Waals surface area contributed by atoms with Gasteiger partial charge in [0.1, 0.15) is 25.1 Å². The van der Waals surface area contributed by atoms with Gasteiger partial charge in [-0.15, -0.1) is 0 Å². The van der Waals surface area contributed by atoms with Crippen molar-refractivity contribution in [2.24, 2.45) is 23.2 Å². The SMILES string of the molecule is CCOCC(=O)N(C[C@@H]1CC[C@H]2C[C@@H]1C2(C)C)[C@@H]1C=C(C(=O)NCCO)[C@@H]2c3cc(C=O)cc(OC)c3O[C@@H]2[C@H]1O. The van der Waals surface area contributed by atoms with E-state index in [-0.39, 0.29) is 37.0 Å². The molecule has 1 aliphatic heterocycles. The van der Waals surface area contributed by atoms with Crippen LogP contribution in [-0.4, -0.2) is 91.5 Å². The molecule has 0 aromatic heterocycles. The van der Waals surface area contributed by atoms with Crippen LogP contribution in [0.25, 0.3) is 0 Å². The molecule has 1 aromatic rings. The van der Waals surface area contributed by atoms with Gasteiger partial charge < -0.3 is 34.6 Å². The third kappa shape index (κ3) is 5.15. The zero-order valence-electron chi connectivity index (χ0n) is 24.3. The number of rotatable bonds is 11. The van der Waals surface area contributed by atoms with Gasteiger partial charge in [0.2, 0.25) is 11.8 Å². The Morgan fingerprint density at radius 1 is 1.27 bits per heavy atom. The molecular formula is C31H42N2O8. The first kappa shape index (κ1) is 29.5. The lowest BCUT2D eigenvalue weighted by Crippen LogP contribution is -2.60. The van der Waals surface area contributed by atoms with Gasteiger partial charge in [-0.1, -0.05) is 13.8 Å². The van der Waals surface area contributed by atoms with E-state index in [1.165, 1.54) is 7.11 Å². The Bertz CT molecular complexity index is 1210. The summed E-state index contributed by atoms with van der Waals surface area (Å²) in [6, 6.07) is 2.35. The van der Waals surface area contributed by atoms with E-state index in [9.17, 15) is 24.6 Å². The molecule has 4 aliphatic carbocycles. The molecule has 2 amide bonds. The number of methoxy groups -OCH3 is 1. The number of hydrogen-bond acceptors (Lipinski definition) is 8. The second kappa shape index (κ2) is 11.7. The monoisotopic (exact) mass is 570 g/mol. The molecule has 6 rings (SSSR count). The first-order chi connectivity index (χ1) is 19.7. The van der Waals surface area contributed by atoms with Crippen LogP contribution in [0.1, 0.15) is 61.9 Å². The Balaban J connectivity index is 1.55. The molecule has 41 heavy (non-hydrogen) atoms. The van der Waals surface area contributed by atoms with Crippen molar-refractivity contribution in [1.82, 2.24) is 10.2 Å². The zero-order chi connectivity index (χ0) is 29.5. The minimum atomic E-state index is -1.16. The number of carbonyl (C=O) groups excluding carboxylic acids is 3. The standard InChI is InChI=1S/C31H42N2O8/c1-5-40-16-25(36)33(14-18-6-7-19-12-22(18)31(19,2)3)23-13-21(30(38)32-8-9-34)26-20-10-17(15-35)11-24(39-4)28(20)41-29(26)27(23)37/h10-11,13,15,18-19,22-23,26-27,29,34,37H,5-9,12,14,16H2,1-4H3,(H,32,38)/t18-,19-,22-,23+,26-,27-,29-/m0/s1. The van der Waals surface area contributed by atoms with Crippen LogP contribution in [0.3, 0.4) is 0 Å². The largest absolute Gasteiger partial charge is 0.493 e. The summed E-state index contributed by atoms with van der Waals surface area (Å²) in [5.41, 5.74) is 1.43. The van der Waals surface area contributed by atoms with Gasteiger partial charge in [-0.2, -0.15) is 0 Å². The lowest BCUT2D eigenvalue weighted by Gasteiger charge is -2.61. The van der Waals surface area contributed by atoms with Gasteiger partial charge in [0.05, 0.1) is 25.7 Å². The smallest absolute Gasteiger partial charge is 0.249 e. The van der Waals surface area contributed by atoms with Crippen molar-refractivity contribution in [3.05, 3.63) is 34.9 Å². The predicted octanol–water partition coefficient (Wildman–Crippen LogP) is 2.07. The Labute approximate surface area is 241 Å². The molecule has 3 fully saturated rings. The Hall–Kier alpha value is -2.95. The van der Waals surface area contributed by atoms with E-state index in [1.807, 2.05) is 6.92 Å². The normalized spacial score (nSPS) is 30.6. The highest BCUT2D eigenvalue weighted by molar-refractivity contribution is 5.96. The van der Waals surface area contributed by atoms with E-state index in [4.69, 9.17) is 14.2 Å². The first-order valence-electron chi connectivity index (χ1n) is 14.7. The summed E-state index contributed by atoms with van der Waals surface area (Å²) in [5, 5.41) is 23.9. The fraction of sp³-hybridized carbons (Fsp3) is 0.645. The molecule has 0 spiro atoms. The molecule has 3 N–H and O–H groups in total. The van der Waals surface area contributed by atoms with Gasteiger partial charge in [-0.3, -0.25) is 14.4 Å². The Morgan fingerprint density at radius 3 is 2.68 bits per heavy atom. The number of carbonyl (C=O) groups is 3. The topological polar surface area (TPSA) is 135 Å². The molecule has 10 nitrogen and oxygen atoms in total. The fourth-order valence-electron chi connectivity index (χ4n) is 7.65. The van der Waals surface area contributed by atoms with Gasteiger partial charge in [0, 0.05) is 36.4 Å². The lowest BCUT2D eigenvalue weighted by molar-refractivity contribution is -0.150. The summed E-state index contributed by atoms with van der Waals surface area (Å²) in [6.45, 7) is 6.92. The maximum absolute atomic E-state index is 13.7. The predicted molar refractivity (Wildman–Crippen MR) is 150 cm³/mol. The number of hydrogen-bond donors (Lipinski definition) is 3. The molecule has 3 saturated carbocycles. The first-order valence-corrected chi connectivity index (χ1v) is 14.7. The highest BCUT2D eigenvalue weighted by Crippen LogP contribution is 2.61. The third-order valence-electron chi connectivity index (χ3n) is 9.95. The molecule has 2 bridgehead atoms. The minimum Gasteiger partial charge on any atom is -0.493 e. The molecule has 0 unspecified atom stereocenters. The molecule has 10 heteroatoms. The van der Waals surface area contributed by atoms with E-state index in [0.717, 1.165) is 19.3 Å². The zero-order valence-corrected chi connectivity index (χ0v) is 24.3. The molecule has 1 heterocycles. The average molecular weight is 571 g/mol. The molecular weight excluding hydrogens is 528 g/mol. The van der Waals surface area contributed by atoms with Crippen molar-refractivity contribution in [2.75, 3.05) is 40.0 Å². The minimum absolute atomic E-state index is 0.0409. The maximum Gasteiger partial charge on any atom is 0.249 e. The van der Waals surface area contributed by atoms with E-state index in [2.05, 4.69) is 19.2 Å². The van der Waals surface area contributed by atoms with Crippen LogP contribution in [-0.2, 0) is 14.3 Å². The summed E-state index contributed by atoms with van der Waals surface area (Å²) in [5.74, 6) is 0.742. The van der Waals surface area contributed by atoms with Crippen LogP contribution in [0.4, 0.5) is 0 Å². The van der Waals surface area contributed by atoms with Gasteiger partial charge in [0.15, 0.2) is 11.5 Å². The van der Waals surface area contributed by atoms with Crippen molar-refractivity contribution >= 4 is 18.1 Å². The second-order valence-corrected chi connectivity index (χ2v) is 12.3. The molecule has 1 aromatic carbocycles. The number of ether oxygens (including phenoxy) is 3. The van der Waals surface area contributed by atoms with Gasteiger partial charge >= 0.3 is 0 Å². The molecule has 0 radical (unpaired) electrons. The van der Waals surface area contributed by atoms with Crippen LogP contribution < -0.4 is 14.8 Å². The van der Waals surface area contributed by atoms with Crippen molar-refractivity contribution in [1.29, 1.82) is 0 Å². The van der Waals surface area contributed by atoms with Crippen LogP contribution in [0.2, 0.25) is 0 Å². The number of aliphatic hydroxyl groups excluding tert-OH is 2. The molecule has 7 atom stereocenters. The van der Waals surface area contributed by atoms with Crippen LogP contribution in [0, 0.1) is 23.2 Å². The van der Waals surface area contributed by atoms with Gasteiger partial charge in [-0.05, 0) is 67.6 Å². The maximum atomic E-state index is 13.7. The van der Waals surface area contributed by atoms with E-state index in [1.54, 1.807) is 23.1 Å². The molecule has 0 saturated heterocycles. The lowest BCUT2D eigenvalue weighted by atomic mass is 9.45. The van der Waals surface area contributed by atoms with E-state index >= 15 is 0 Å². The summed E-state index contributed by atoms with van der Waals surface area (Å²) in [6.07, 6.45) is 3.56. The van der Waals surface area contributed by atoms with Crippen LogP contribution >= 0.6 is 0 Å². The molecule has 224 valence electrons. The number of benzene rings is 1. The quantitative estimate of drug-likeness (QED) is 0.344. The van der Waals surface area contributed by atoms with Crippen molar-refractivity contribution < 1.29 is 38.8 Å². The Kier molecular flexibility index (Phi) is 8.46. The Morgan fingerprint density at radius 2 is 2.05 bits per heavy atom. The van der Waals surface area contributed by atoms with Crippen molar-refractivity contribution in [3.8, 4) is 11.5 Å². The number of aldehydes is 1. The fourth-order valence-corrected chi connectivity index (χ4v) is 7.65. The number of nitrogens with zero attached hydrogens (tertiary/aromatic N) is 1. The second-order valence-electron chi connectivity index (χ2n) is 12.3. The van der Waals surface area contributed by atoms with Crippen LogP contribution in [0.15, 0.2) is 23.8 Å². The number of fused-ring (bicyclic) bond motifs is 5. The van der Waals surface area contributed by atoms with E-state index < -0.39 is 30.1 Å². The van der Waals surface area contributed by atoms with Crippen molar-refractivity contribution in [2.45, 2.75) is 64.2 Å². The van der Waals surface area contributed by atoms with Gasteiger partial charge in [-0.25, -0.2) is 0 Å².